The van der Waals surface area contributed by atoms with Crippen LogP contribution in [0.5, 0.6) is 23.0 Å². The standard InChI is InChI=1S/C16H18N2O4.ClH/c1-20-13-6-4-10(16(18)19)7-15(13)22-12-5-3-11(9-17)14(8-12)21-2;/h3-8H,9,17H2,1-2H3,(H2,18,19);1H. The molecule has 0 unspecified atom stereocenters. The predicted molar refractivity (Wildman–Crippen MR) is 89.7 cm³/mol. The van der Waals surface area contributed by atoms with Gasteiger partial charge in [0.05, 0.1) is 14.2 Å². The van der Waals surface area contributed by atoms with Crippen molar-refractivity contribution in [3.8, 4) is 23.0 Å². The number of rotatable bonds is 6. The lowest BCUT2D eigenvalue weighted by Gasteiger charge is -2.13. The van der Waals surface area contributed by atoms with Crippen molar-refractivity contribution in [2.24, 2.45) is 11.5 Å². The molecule has 23 heavy (non-hydrogen) atoms. The number of nitrogens with two attached hydrogens (primary N) is 2. The molecule has 4 N–H and O–H groups in total. The molecule has 0 saturated carbocycles. The third-order valence-corrected chi connectivity index (χ3v) is 3.15. The Hall–Kier alpha value is -2.44. The Bertz CT molecular complexity index is 692. The van der Waals surface area contributed by atoms with Crippen molar-refractivity contribution < 1.29 is 19.0 Å². The van der Waals surface area contributed by atoms with Crippen LogP contribution in [0.4, 0.5) is 0 Å². The van der Waals surface area contributed by atoms with Crippen molar-refractivity contribution in [1.82, 2.24) is 0 Å². The molecule has 2 aromatic rings. The molecule has 0 atom stereocenters. The monoisotopic (exact) mass is 338 g/mol. The van der Waals surface area contributed by atoms with Crippen molar-refractivity contribution in [1.29, 1.82) is 0 Å². The summed E-state index contributed by atoms with van der Waals surface area (Å²) in [5.41, 5.74) is 12.1. The molecule has 0 heterocycles. The first kappa shape index (κ1) is 18.6. The molecular weight excluding hydrogens is 320 g/mol. The molecule has 0 saturated heterocycles. The van der Waals surface area contributed by atoms with Crippen molar-refractivity contribution in [2.75, 3.05) is 14.2 Å². The van der Waals surface area contributed by atoms with Gasteiger partial charge in [0, 0.05) is 23.7 Å². The minimum Gasteiger partial charge on any atom is -0.496 e. The summed E-state index contributed by atoms with van der Waals surface area (Å²) in [6, 6.07) is 10.0. The fourth-order valence-electron chi connectivity index (χ4n) is 1.99. The number of carbonyl (C=O) groups excluding carboxylic acids is 1. The summed E-state index contributed by atoms with van der Waals surface area (Å²) in [7, 11) is 3.08. The third-order valence-electron chi connectivity index (χ3n) is 3.15. The summed E-state index contributed by atoms with van der Waals surface area (Å²) in [4.78, 5) is 11.3. The maximum atomic E-state index is 11.3. The fraction of sp³-hybridized carbons (Fsp3) is 0.188. The van der Waals surface area contributed by atoms with E-state index in [4.69, 9.17) is 25.7 Å². The summed E-state index contributed by atoms with van der Waals surface area (Å²) in [6.45, 7) is 0.365. The van der Waals surface area contributed by atoms with Gasteiger partial charge in [0.1, 0.15) is 11.5 Å². The number of hydrogen-bond acceptors (Lipinski definition) is 5. The second-order valence-corrected chi connectivity index (χ2v) is 4.51. The van der Waals surface area contributed by atoms with Crippen LogP contribution in [0.25, 0.3) is 0 Å². The van der Waals surface area contributed by atoms with Crippen LogP contribution in [0.2, 0.25) is 0 Å². The van der Waals surface area contributed by atoms with E-state index in [2.05, 4.69) is 0 Å². The third kappa shape index (κ3) is 4.28. The van der Waals surface area contributed by atoms with E-state index in [1.54, 1.807) is 31.4 Å². The number of methoxy groups -OCH3 is 2. The molecule has 2 rings (SSSR count). The van der Waals surface area contributed by atoms with Gasteiger partial charge in [-0.3, -0.25) is 4.79 Å². The average Bonchev–Trinajstić information content (AvgIpc) is 2.54. The van der Waals surface area contributed by atoms with Crippen LogP contribution in [0, 0.1) is 0 Å². The second kappa shape index (κ2) is 8.26. The number of amides is 1. The lowest BCUT2D eigenvalue weighted by atomic mass is 10.2. The molecule has 124 valence electrons. The Morgan fingerprint density at radius 2 is 1.70 bits per heavy atom. The first-order valence-corrected chi connectivity index (χ1v) is 6.61. The van der Waals surface area contributed by atoms with Crippen LogP contribution >= 0.6 is 12.4 Å². The van der Waals surface area contributed by atoms with Gasteiger partial charge in [-0.15, -0.1) is 12.4 Å². The van der Waals surface area contributed by atoms with Crippen molar-refractivity contribution in [2.45, 2.75) is 6.54 Å². The topological polar surface area (TPSA) is 96.8 Å². The molecule has 0 aromatic heterocycles. The highest BCUT2D eigenvalue weighted by Gasteiger charge is 2.11. The molecule has 0 aliphatic carbocycles. The fourth-order valence-corrected chi connectivity index (χ4v) is 1.99. The van der Waals surface area contributed by atoms with E-state index in [0.29, 0.717) is 35.1 Å². The van der Waals surface area contributed by atoms with Gasteiger partial charge in [0.15, 0.2) is 11.5 Å². The maximum absolute atomic E-state index is 11.3. The number of carbonyl (C=O) groups is 1. The minimum absolute atomic E-state index is 0. The van der Waals surface area contributed by atoms with Crippen LogP contribution in [-0.4, -0.2) is 20.1 Å². The Kier molecular flexibility index (Phi) is 6.68. The zero-order valence-corrected chi connectivity index (χ0v) is 13.7. The maximum Gasteiger partial charge on any atom is 0.248 e. The normalized spacial score (nSPS) is 9.70. The molecule has 0 aliphatic rings. The van der Waals surface area contributed by atoms with Gasteiger partial charge < -0.3 is 25.7 Å². The first-order chi connectivity index (χ1) is 10.6. The Balaban J connectivity index is 0.00000264. The molecule has 0 bridgehead atoms. The molecule has 0 spiro atoms. The molecular formula is C16H19ClN2O4. The predicted octanol–water partition coefficient (Wildman–Crippen LogP) is 2.48. The highest BCUT2D eigenvalue weighted by Crippen LogP contribution is 2.34. The second-order valence-electron chi connectivity index (χ2n) is 4.51. The molecule has 6 nitrogen and oxygen atoms in total. The van der Waals surface area contributed by atoms with E-state index < -0.39 is 5.91 Å². The van der Waals surface area contributed by atoms with Gasteiger partial charge in [-0.1, -0.05) is 6.07 Å². The summed E-state index contributed by atoms with van der Waals surface area (Å²) in [5, 5.41) is 0. The van der Waals surface area contributed by atoms with Gasteiger partial charge in [0.2, 0.25) is 5.91 Å². The molecule has 0 aliphatic heterocycles. The molecule has 2 aromatic carbocycles. The van der Waals surface area contributed by atoms with E-state index in [9.17, 15) is 4.79 Å². The smallest absolute Gasteiger partial charge is 0.248 e. The summed E-state index contributed by atoms with van der Waals surface area (Å²) < 4.78 is 16.3. The van der Waals surface area contributed by atoms with Gasteiger partial charge in [-0.25, -0.2) is 0 Å². The van der Waals surface area contributed by atoms with E-state index >= 15 is 0 Å². The van der Waals surface area contributed by atoms with Gasteiger partial charge in [0.25, 0.3) is 0 Å². The minimum atomic E-state index is -0.538. The van der Waals surface area contributed by atoms with E-state index in [0.717, 1.165) is 5.56 Å². The summed E-state index contributed by atoms with van der Waals surface area (Å²) in [6.07, 6.45) is 0. The van der Waals surface area contributed by atoms with Crippen LogP contribution in [0.3, 0.4) is 0 Å². The molecule has 0 radical (unpaired) electrons. The average molecular weight is 339 g/mol. The van der Waals surface area contributed by atoms with Crippen LogP contribution in [0.15, 0.2) is 36.4 Å². The Morgan fingerprint density at radius 1 is 1.00 bits per heavy atom. The van der Waals surface area contributed by atoms with Gasteiger partial charge in [-0.2, -0.15) is 0 Å². The van der Waals surface area contributed by atoms with E-state index in [1.807, 2.05) is 6.07 Å². The number of ether oxygens (including phenoxy) is 3. The van der Waals surface area contributed by atoms with Crippen LogP contribution in [-0.2, 0) is 6.54 Å². The van der Waals surface area contributed by atoms with E-state index in [-0.39, 0.29) is 12.4 Å². The van der Waals surface area contributed by atoms with Gasteiger partial charge >= 0.3 is 0 Å². The Morgan fingerprint density at radius 3 is 2.26 bits per heavy atom. The van der Waals surface area contributed by atoms with Crippen molar-refractivity contribution >= 4 is 18.3 Å². The number of hydrogen-bond donors (Lipinski definition) is 2. The zero-order valence-electron chi connectivity index (χ0n) is 12.9. The lowest BCUT2D eigenvalue weighted by molar-refractivity contribution is 0.1000. The number of primary amides is 1. The Labute approximate surface area is 140 Å². The highest BCUT2D eigenvalue weighted by molar-refractivity contribution is 5.93. The SMILES string of the molecule is COc1cc(Oc2cc(C(N)=O)ccc2OC)ccc1CN.Cl. The van der Waals surface area contributed by atoms with E-state index in [1.165, 1.54) is 13.2 Å². The van der Waals surface area contributed by atoms with Crippen LogP contribution < -0.4 is 25.7 Å². The molecule has 0 fully saturated rings. The first-order valence-electron chi connectivity index (χ1n) is 6.61. The molecule has 1 amide bonds. The quantitative estimate of drug-likeness (QED) is 0.843. The number of halogens is 1. The van der Waals surface area contributed by atoms with Gasteiger partial charge in [-0.05, 0) is 24.3 Å². The summed E-state index contributed by atoms with van der Waals surface area (Å²) >= 11 is 0. The van der Waals surface area contributed by atoms with Crippen molar-refractivity contribution in [3.05, 3.63) is 47.5 Å². The van der Waals surface area contributed by atoms with Crippen LogP contribution in [0.1, 0.15) is 15.9 Å². The number of benzene rings is 2. The highest BCUT2D eigenvalue weighted by atomic mass is 35.5. The lowest BCUT2D eigenvalue weighted by Crippen LogP contribution is -2.10. The van der Waals surface area contributed by atoms with Crippen molar-refractivity contribution in [3.63, 3.8) is 0 Å². The largest absolute Gasteiger partial charge is 0.496 e. The molecule has 7 heteroatoms. The summed E-state index contributed by atoms with van der Waals surface area (Å²) in [5.74, 6) is 1.51. The zero-order chi connectivity index (χ0) is 16.1.